The Morgan fingerprint density at radius 2 is 2.08 bits per heavy atom. The number of nitrogens with zero attached hydrogens (tertiary/aromatic N) is 3. The Bertz CT molecular complexity index is 729. The Hall–Kier alpha value is -2.60. The average Bonchev–Trinajstić information content (AvgIpc) is 2.68. The van der Waals surface area contributed by atoms with Gasteiger partial charge in [0.05, 0.1) is 18.9 Å². The maximum Gasteiger partial charge on any atom is 0.326 e. The fraction of sp³-hybridized carbons (Fsp3) is 0.368. The molecule has 0 aliphatic carbocycles. The number of aromatic nitrogens is 1. The zero-order chi connectivity index (χ0) is 17.6. The number of carbonyl (C=O) groups is 1. The summed E-state index contributed by atoms with van der Waals surface area (Å²) in [6.45, 7) is 4.99. The first-order valence-electron chi connectivity index (χ1n) is 8.60. The first-order valence-corrected chi connectivity index (χ1v) is 8.60. The molecule has 2 aromatic rings. The van der Waals surface area contributed by atoms with Crippen molar-refractivity contribution in [3.63, 3.8) is 0 Å². The Kier molecular flexibility index (Phi) is 5.50. The van der Waals surface area contributed by atoms with E-state index < -0.39 is 0 Å². The van der Waals surface area contributed by atoms with E-state index in [9.17, 15) is 4.79 Å². The van der Waals surface area contributed by atoms with E-state index in [-0.39, 0.29) is 6.03 Å². The quantitative estimate of drug-likeness (QED) is 0.929. The van der Waals surface area contributed by atoms with Gasteiger partial charge in [-0.1, -0.05) is 19.1 Å². The fourth-order valence-electron chi connectivity index (χ4n) is 2.82. The number of aryl methyl sites for hydroxylation is 1. The normalized spacial score (nSPS) is 14.2. The van der Waals surface area contributed by atoms with Crippen LogP contribution in [0.1, 0.15) is 12.5 Å². The molecule has 1 saturated heterocycles. The highest BCUT2D eigenvalue weighted by atomic mass is 16.5. The molecule has 6 heteroatoms. The van der Waals surface area contributed by atoms with Gasteiger partial charge in [0.2, 0.25) is 0 Å². The zero-order valence-electron chi connectivity index (χ0n) is 14.7. The van der Waals surface area contributed by atoms with Crippen LogP contribution in [0.5, 0.6) is 0 Å². The molecule has 132 valence electrons. The monoisotopic (exact) mass is 340 g/mol. The molecule has 0 bridgehead atoms. The molecule has 0 unspecified atom stereocenters. The van der Waals surface area contributed by atoms with Crippen LogP contribution >= 0.6 is 0 Å². The van der Waals surface area contributed by atoms with Crippen molar-refractivity contribution in [3.8, 4) is 0 Å². The smallest absolute Gasteiger partial charge is 0.326 e. The number of morpholine rings is 1. The molecule has 1 aromatic heterocycles. The van der Waals surface area contributed by atoms with Crippen LogP contribution in [0.4, 0.5) is 22.0 Å². The molecule has 1 N–H and O–H groups in total. The van der Waals surface area contributed by atoms with Crippen LogP contribution in [-0.4, -0.2) is 44.4 Å². The van der Waals surface area contributed by atoms with Gasteiger partial charge in [0.25, 0.3) is 0 Å². The number of hydrogen-bond donors (Lipinski definition) is 1. The van der Waals surface area contributed by atoms with E-state index in [2.05, 4.69) is 28.2 Å². The van der Waals surface area contributed by atoms with Gasteiger partial charge >= 0.3 is 6.03 Å². The van der Waals surface area contributed by atoms with Gasteiger partial charge in [-0.25, -0.2) is 9.78 Å². The van der Waals surface area contributed by atoms with Crippen molar-refractivity contribution >= 4 is 23.2 Å². The molecule has 3 rings (SSSR count). The highest BCUT2D eigenvalue weighted by molar-refractivity contribution is 6.02. The Morgan fingerprint density at radius 3 is 2.84 bits per heavy atom. The van der Waals surface area contributed by atoms with E-state index in [1.807, 2.05) is 30.3 Å². The molecular weight excluding hydrogens is 316 g/mol. The minimum Gasteiger partial charge on any atom is -0.378 e. The standard InChI is InChI=1S/C19H24N4O2/c1-3-15-6-4-7-16(14-15)22(2)19(24)21-17-8-5-9-20-18(17)23-10-12-25-13-11-23/h4-9,14H,3,10-13H2,1-2H3,(H,21,24). The summed E-state index contributed by atoms with van der Waals surface area (Å²) in [7, 11) is 1.77. The minimum atomic E-state index is -0.184. The van der Waals surface area contributed by atoms with E-state index in [4.69, 9.17) is 4.74 Å². The van der Waals surface area contributed by atoms with Crippen molar-refractivity contribution in [1.29, 1.82) is 0 Å². The number of rotatable bonds is 4. The highest BCUT2D eigenvalue weighted by Gasteiger charge is 2.19. The van der Waals surface area contributed by atoms with E-state index in [1.54, 1.807) is 18.1 Å². The summed E-state index contributed by atoms with van der Waals surface area (Å²) in [5.41, 5.74) is 2.79. The number of nitrogens with one attached hydrogen (secondary N) is 1. The lowest BCUT2D eigenvalue weighted by Crippen LogP contribution is -2.38. The summed E-state index contributed by atoms with van der Waals surface area (Å²) in [5, 5.41) is 2.99. The SMILES string of the molecule is CCc1cccc(N(C)C(=O)Nc2cccnc2N2CCOCC2)c1. The van der Waals surface area contributed by atoms with Crippen molar-refractivity contribution in [1.82, 2.24) is 4.98 Å². The van der Waals surface area contributed by atoms with Crippen molar-refractivity contribution in [2.45, 2.75) is 13.3 Å². The summed E-state index contributed by atoms with van der Waals surface area (Å²) >= 11 is 0. The summed E-state index contributed by atoms with van der Waals surface area (Å²) in [6.07, 6.45) is 2.68. The van der Waals surface area contributed by atoms with Crippen LogP contribution in [0, 0.1) is 0 Å². The van der Waals surface area contributed by atoms with Crippen molar-refractivity contribution < 1.29 is 9.53 Å². The third kappa shape index (κ3) is 4.09. The molecule has 0 saturated carbocycles. The molecule has 0 radical (unpaired) electrons. The molecular formula is C19H24N4O2. The van der Waals surface area contributed by atoms with Gasteiger partial charge in [-0.15, -0.1) is 0 Å². The predicted octanol–water partition coefficient (Wildman–Crippen LogP) is 3.15. The summed E-state index contributed by atoms with van der Waals surface area (Å²) in [4.78, 5) is 20.9. The van der Waals surface area contributed by atoms with E-state index in [0.717, 1.165) is 31.0 Å². The molecule has 1 aliphatic heterocycles. The second kappa shape index (κ2) is 7.98. The number of amides is 2. The lowest BCUT2D eigenvalue weighted by molar-refractivity contribution is 0.122. The largest absolute Gasteiger partial charge is 0.378 e. The van der Waals surface area contributed by atoms with Crippen LogP contribution in [0.25, 0.3) is 0 Å². The van der Waals surface area contributed by atoms with E-state index >= 15 is 0 Å². The van der Waals surface area contributed by atoms with Gasteiger partial charge in [0, 0.05) is 32.0 Å². The van der Waals surface area contributed by atoms with Crippen LogP contribution in [0.15, 0.2) is 42.6 Å². The maximum atomic E-state index is 12.7. The number of hydrogen-bond acceptors (Lipinski definition) is 4. The molecule has 2 amide bonds. The number of benzene rings is 1. The highest BCUT2D eigenvalue weighted by Crippen LogP contribution is 2.24. The first kappa shape index (κ1) is 17.2. The summed E-state index contributed by atoms with van der Waals surface area (Å²) in [6, 6.07) is 11.5. The van der Waals surface area contributed by atoms with Crippen molar-refractivity contribution in [3.05, 3.63) is 48.2 Å². The van der Waals surface area contributed by atoms with E-state index in [0.29, 0.717) is 18.9 Å². The van der Waals surface area contributed by atoms with Gasteiger partial charge in [0.1, 0.15) is 0 Å². The van der Waals surface area contributed by atoms with Crippen LogP contribution in [-0.2, 0) is 11.2 Å². The minimum absolute atomic E-state index is 0.184. The second-order valence-corrected chi connectivity index (χ2v) is 5.99. The number of urea groups is 1. The molecule has 2 heterocycles. The fourth-order valence-corrected chi connectivity index (χ4v) is 2.82. The Morgan fingerprint density at radius 1 is 1.28 bits per heavy atom. The Balaban J connectivity index is 1.76. The van der Waals surface area contributed by atoms with Crippen LogP contribution < -0.4 is 15.1 Å². The first-order chi connectivity index (χ1) is 12.2. The summed E-state index contributed by atoms with van der Waals surface area (Å²) < 4.78 is 5.40. The predicted molar refractivity (Wildman–Crippen MR) is 101 cm³/mol. The number of ether oxygens (including phenoxy) is 1. The molecule has 0 atom stereocenters. The van der Waals surface area contributed by atoms with Gasteiger partial charge in [-0.05, 0) is 36.2 Å². The second-order valence-electron chi connectivity index (χ2n) is 5.99. The number of pyridine rings is 1. The third-order valence-corrected chi connectivity index (χ3v) is 4.35. The molecule has 1 aromatic carbocycles. The van der Waals surface area contributed by atoms with E-state index in [1.165, 1.54) is 5.56 Å². The lowest BCUT2D eigenvalue weighted by Gasteiger charge is -2.29. The number of anilines is 3. The molecule has 1 aliphatic rings. The third-order valence-electron chi connectivity index (χ3n) is 4.35. The van der Waals surface area contributed by atoms with Gasteiger partial charge in [-0.3, -0.25) is 4.90 Å². The van der Waals surface area contributed by atoms with Crippen molar-refractivity contribution in [2.75, 3.05) is 48.5 Å². The van der Waals surface area contributed by atoms with Crippen molar-refractivity contribution in [2.24, 2.45) is 0 Å². The molecule has 6 nitrogen and oxygen atoms in total. The number of carbonyl (C=O) groups excluding carboxylic acids is 1. The molecule has 25 heavy (non-hydrogen) atoms. The zero-order valence-corrected chi connectivity index (χ0v) is 14.7. The lowest BCUT2D eigenvalue weighted by atomic mass is 10.1. The Labute approximate surface area is 148 Å². The van der Waals surface area contributed by atoms with Gasteiger partial charge in [0.15, 0.2) is 5.82 Å². The van der Waals surface area contributed by atoms with Crippen LogP contribution in [0.3, 0.4) is 0 Å². The average molecular weight is 340 g/mol. The summed E-state index contributed by atoms with van der Waals surface area (Å²) in [5.74, 6) is 0.787. The van der Waals surface area contributed by atoms with Crippen LogP contribution in [0.2, 0.25) is 0 Å². The van der Waals surface area contributed by atoms with Gasteiger partial charge < -0.3 is 15.0 Å². The van der Waals surface area contributed by atoms with Gasteiger partial charge in [-0.2, -0.15) is 0 Å². The maximum absolute atomic E-state index is 12.7. The molecule has 0 spiro atoms. The topological polar surface area (TPSA) is 57.7 Å². The molecule has 1 fully saturated rings.